The van der Waals surface area contributed by atoms with Crippen LogP contribution in [0.4, 0.5) is 0 Å². The van der Waals surface area contributed by atoms with Crippen LogP contribution in [0.1, 0.15) is 43.0 Å². The van der Waals surface area contributed by atoms with E-state index >= 15 is 0 Å². The van der Waals surface area contributed by atoms with E-state index in [1.807, 2.05) is 30.0 Å². The molecule has 1 spiro atoms. The molecule has 0 N–H and O–H groups in total. The van der Waals surface area contributed by atoms with E-state index in [1.54, 1.807) is 29.2 Å². The molecule has 2 heterocycles. The molecule has 0 unspecified atom stereocenters. The third kappa shape index (κ3) is 4.27. The zero-order valence-corrected chi connectivity index (χ0v) is 17.7. The fourth-order valence-electron chi connectivity index (χ4n) is 3.79. The predicted octanol–water partition coefficient (Wildman–Crippen LogP) is 2.81. The number of carbonyl (C=O) groups is 1. The molecule has 2 saturated heterocycles. The van der Waals surface area contributed by atoms with Gasteiger partial charge in [-0.2, -0.15) is 0 Å². The van der Waals surface area contributed by atoms with Crippen molar-refractivity contribution in [3.05, 3.63) is 29.8 Å². The van der Waals surface area contributed by atoms with Crippen LogP contribution < -0.4 is 4.74 Å². The van der Waals surface area contributed by atoms with E-state index in [9.17, 15) is 13.2 Å². The van der Waals surface area contributed by atoms with E-state index < -0.39 is 10.0 Å². The van der Waals surface area contributed by atoms with Gasteiger partial charge in [-0.05, 0) is 37.5 Å². The molecule has 150 valence electrons. The maximum absolute atomic E-state index is 13.1. The molecule has 8 heteroatoms. The van der Waals surface area contributed by atoms with E-state index in [2.05, 4.69) is 0 Å². The van der Waals surface area contributed by atoms with Crippen LogP contribution in [0.15, 0.2) is 24.3 Å². The minimum atomic E-state index is -3.19. The molecular formula is C19H28N2O4S2. The molecule has 2 fully saturated rings. The summed E-state index contributed by atoms with van der Waals surface area (Å²) in [5.41, 5.74) is 0.620. The minimum Gasteiger partial charge on any atom is -0.497 e. The van der Waals surface area contributed by atoms with Gasteiger partial charge in [0.25, 0.3) is 5.91 Å². The fourth-order valence-corrected chi connectivity index (χ4v) is 6.90. The summed E-state index contributed by atoms with van der Waals surface area (Å²) in [6, 6.07) is 7.23. The van der Waals surface area contributed by atoms with Crippen LogP contribution in [0.25, 0.3) is 0 Å². The summed E-state index contributed by atoms with van der Waals surface area (Å²) < 4.78 is 31.8. The van der Waals surface area contributed by atoms with Gasteiger partial charge in [0.1, 0.15) is 5.75 Å². The van der Waals surface area contributed by atoms with Gasteiger partial charge in [0, 0.05) is 31.0 Å². The number of rotatable bonds is 6. The van der Waals surface area contributed by atoms with Gasteiger partial charge < -0.3 is 9.64 Å². The lowest BCUT2D eigenvalue weighted by molar-refractivity contribution is 0.0605. The van der Waals surface area contributed by atoms with Gasteiger partial charge in [0.15, 0.2) is 0 Å². The van der Waals surface area contributed by atoms with Crippen molar-refractivity contribution in [2.75, 3.05) is 38.2 Å². The van der Waals surface area contributed by atoms with Crippen molar-refractivity contribution < 1.29 is 17.9 Å². The van der Waals surface area contributed by atoms with Crippen molar-refractivity contribution in [1.29, 1.82) is 0 Å². The van der Waals surface area contributed by atoms with Gasteiger partial charge in [0.05, 0.1) is 17.7 Å². The van der Waals surface area contributed by atoms with Crippen LogP contribution in [0.3, 0.4) is 0 Å². The van der Waals surface area contributed by atoms with Crippen LogP contribution in [-0.4, -0.2) is 66.7 Å². The molecule has 0 aliphatic carbocycles. The quantitative estimate of drug-likeness (QED) is 0.719. The van der Waals surface area contributed by atoms with Crippen molar-refractivity contribution in [3.63, 3.8) is 0 Å². The highest BCUT2D eigenvalue weighted by Crippen LogP contribution is 2.45. The molecule has 2 aliphatic heterocycles. The maximum Gasteiger partial charge on any atom is 0.255 e. The van der Waals surface area contributed by atoms with Crippen LogP contribution in [0.5, 0.6) is 5.75 Å². The summed E-state index contributed by atoms with van der Waals surface area (Å²) in [4.78, 5) is 14.8. The van der Waals surface area contributed by atoms with Crippen molar-refractivity contribution in [1.82, 2.24) is 9.21 Å². The van der Waals surface area contributed by atoms with Gasteiger partial charge in [-0.15, -0.1) is 11.8 Å². The SMILES string of the molecule is CCCCS(=O)(=O)N1CCC2(CC1)SCCN2C(=O)c1cccc(OC)c1. The molecule has 6 nitrogen and oxygen atoms in total. The Kier molecular flexibility index (Phi) is 6.38. The normalized spacial score (nSPS) is 20.1. The van der Waals surface area contributed by atoms with E-state index in [1.165, 1.54) is 0 Å². The van der Waals surface area contributed by atoms with Gasteiger partial charge in [-0.25, -0.2) is 12.7 Å². The zero-order chi connectivity index (χ0) is 19.5. The van der Waals surface area contributed by atoms with Crippen LogP contribution in [-0.2, 0) is 10.0 Å². The van der Waals surface area contributed by atoms with Crippen LogP contribution in [0, 0.1) is 0 Å². The Hall–Kier alpha value is -1.25. The molecule has 0 atom stereocenters. The summed E-state index contributed by atoms with van der Waals surface area (Å²) in [5, 5.41) is 0. The number of hydrogen-bond donors (Lipinski definition) is 0. The number of hydrogen-bond acceptors (Lipinski definition) is 5. The van der Waals surface area contributed by atoms with E-state index in [0.717, 1.165) is 12.2 Å². The summed E-state index contributed by atoms with van der Waals surface area (Å²) in [6.07, 6.45) is 2.92. The Labute approximate surface area is 166 Å². The second-order valence-corrected chi connectivity index (χ2v) is 10.6. The molecule has 27 heavy (non-hydrogen) atoms. The molecule has 0 bridgehead atoms. The maximum atomic E-state index is 13.1. The number of methoxy groups -OCH3 is 1. The summed E-state index contributed by atoms with van der Waals surface area (Å²) in [5.74, 6) is 1.77. The number of benzene rings is 1. The molecule has 1 aromatic rings. The third-order valence-electron chi connectivity index (χ3n) is 5.39. The van der Waals surface area contributed by atoms with Crippen molar-refractivity contribution in [3.8, 4) is 5.75 Å². The number of carbonyl (C=O) groups excluding carboxylic acids is 1. The molecule has 0 saturated carbocycles. The second-order valence-electron chi connectivity index (χ2n) is 7.05. The van der Waals surface area contributed by atoms with Crippen molar-refractivity contribution in [2.24, 2.45) is 0 Å². The Balaban J connectivity index is 1.72. The Morgan fingerprint density at radius 3 is 2.67 bits per heavy atom. The number of unbranched alkanes of at least 4 members (excludes halogenated alkanes) is 1. The molecule has 0 aromatic heterocycles. The van der Waals surface area contributed by atoms with Gasteiger partial charge in [0.2, 0.25) is 10.0 Å². The third-order valence-corrected chi connectivity index (χ3v) is 8.90. The lowest BCUT2D eigenvalue weighted by Gasteiger charge is -2.43. The molecule has 2 aliphatic rings. The first-order valence-electron chi connectivity index (χ1n) is 9.50. The van der Waals surface area contributed by atoms with Crippen molar-refractivity contribution >= 4 is 27.7 Å². The molecular weight excluding hydrogens is 384 g/mol. The number of amides is 1. The van der Waals surface area contributed by atoms with E-state index in [-0.39, 0.29) is 16.5 Å². The first kappa shape index (κ1) is 20.5. The number of nitrogens with zero attached hydrogens (tertiary/aromatic N) is 2. The fraction of sp³-hybridized carbons (Fsp3) is 0.632. The highest BCUT2D eigenvalue weighted by Gasteiger charge is 2.47. The first-order chi connectivity index (χ1) is 12.9. The average molecular weight is 413 g/mol. The highest BCUT2D eigenvalue weighted by molar-refractivity contribution is 8.00. The van der Waals surface area contributed by atoms with Crippen molar-refractivity contribution in [2.45, 2.75) is 37.5 Å². The molecule has 1 aromatic carbocycles. The van der Waals surface area contributed by atoms with E-state index in [4.69, 9.17) is 4.74 Å². The lowest BCUT2D eigenvalue weighted by Crippen LogP contribution is -2.53. The predicted molar refractivity (Wildman–Crippen MR) is 109 cm³/mol. The number of piperidine rings is 1. The smallest absolute Gasteiger partial charge is 0.255 e. The minimum absolute atomic E-state index is 0.00110. The summed E-state index contributed by atoms with van der Waals surface area (Å²) in [7, 11) is -1.60. The second kappa shape index (κ2) is 8.41. The summed E-state index contributed by atoms with van der Waals surface area (Å²) in [6.45, 7) is 3.67. The van der Waals surface area contributed by atoms with Crippen LogP contribution >= 0.6 is 11.8 Å². The molecule has 1 amide bonds. The lowest BCUT2D eigenvalue weighted by atomic mass is 10.0. The van der Waals surface area contributed by atoms with Gasteiger partial charge in [-0.3, -0.25) is 4.79 Å². The highest BCUT2D eigenvalue weighted by atomic mass is 32.2. The first-order valence-corrected chi connectivity index (χ1v) is 12.1. The van der Waals surface area contributed by atoms with E-state index in [0.29, 0.717) is 50.2 Å². The molecule has 0 radical (unpaired) electrons. The average Bonchev–Trinajstić information content (AvgIpc) is 3.09. The zero-order valence-electron chi connectivity index (χ0n) is 16.0. The monoisotopic (exact) mass is 412 g/mol. The number of ether oxygens (including phenoxy) is 1. The van der Waals surface area contributed by atoms with Crippen LogP contribution in [0.2, 0.25) is 0 Å². The Morgan fingerprint density at radius 2 is 2.00 bits per heavy atom. The number of thioether (sulfide) groups is 1. The standard InChI is InChI=1S/C19H28N2O4S2/c1-3-4-14-27(23,24)20-10-8-19(9-11-20)21(12-13-26-19)18(22)16-6-5-7-17(15-16)25-2/h5-7,15H,3-4,8-14H2,1-2H3. The largest absolute Gasteiger partial charge is 0.497 e. The topological polar surface area (TPSA) is 66.9 Å². The summed E-state index contributed by atoms with van der Waals surface area (Å²) >= 11 is 1.79. The number of sulfonamides is 1. The Bertz CT molecular complexity index is 774. The Morgan fingerprint density at radius 1 is 1.26 bits per heavy atom. The molecule has 3 rings (SSSR count). The van der Waals surface area contributed by atoms with Gasteiger partial charge >= 0.3 is 0 Å². The van der Waals surface area contributed by atoms with Gasteiger partial charge in [-0.1, -0.05) is 19.4 Å².